The molecule has 4 nitrogen and oxygen atoms in total. The zero-order chi connectivity index (χ0) is 13.7. The number of rotatable bonds is 3. The Kier molecular flexibility index (Phi) is 4.55. The number of hydrogen-bond acceptors (Lipinski definition) is 4. The third-order valence-electron chi connectivity index (χ3n) is 3.44. The Labute approximate surface area is 112 Å². The molecule has 1 fully saturated rings. The molecule has 0 saturated heterocycles. The van der Waals surface area contributed by atoms with E-state index in [9.17, 15) is 9.59 Å². The summed E-state index contributed by atoms with van der Waals surface area (Å²) in [5, 5.41) is 0. The van der Waals surface area contributed by atoms with Crippen LogP contribution in [0.2, 0.25) is 0 Å². The minimum Gasteiger partial charge on any atom is -0.465 e. The van der Waals surface area contributed by atoms with Gasteiger partial charge in [0.2, 0.25) is 0 Å². The monoisotopic (exact) mass is 262 g/mol. The number of para-hydroxylation sites is 1. The maximum atomic E-state index is 12.1. The SMILES string of the molecule is COC(=O)c1ccccc1OC(=O)C1CCCCC1. The molecule has 1 aliphatic rings. The Bertz CT molecular complexity index is 461. The normalized spacial score (nSPS) is 15.8. The van der Waals surface area contributed by atoms with Crippen LogP contribution in [0.4, 0.5) is 0 Å². The van der Waals surface area contributed by atoms with Gasteiger partial charge in [-0.25, -0.2) is 4.79 Å². The van der Waals surface area contributed by atoms with Crippen LogP contribution in [0.25, 0.3) is 0 Å². The van der Waals surface area contributed by atoms with Gasteiger partial charge in [-0.05, 0) is 25.0 Å². The molecule has 1 aromatic carbocycles. The van der Waals surface area contributed by atoms with E-state index < -0.39 is 5.97 Å². The summed E-state index contributed by atoms with van der Waals surface area (Å²) in [6.45, 7) is 0. The van der Waals surface area contributed by atoms with Gasteiger partial charge in [-0.3, -0.25) is 4.79 Å². The second kappa shape index (κ2) is 6.36. The zero-order valence-corrected chi connectivity index (χ0v) is 11.1. The molecule has 1 aliphatic carbocycles. The van der Waals surface area contributed by atoms with E-state index in [0.717, 1.165) is 25.7 Å². The summed E-state index contributed by atoms with van der Waals surface area (Å²) in [4.78, 5) is 23.6. The maximum Gasteiger partial charge on any atom is 0.341 e. The number of carbonyl (C=O) groups excluding carboxylic acids is 2. The van der Waals surface area contributed by atoms with Gasteiger partial charge in [-0.1, -0.05) is 31.4 Å². The lowest BCUT2D eigenvalue weighted by Gasteiger charge is -2.20. The standard InChI is InChI=1S/C15H18O4/c1-18-15(17)12-9-5-6-10-13(12)19-14(16)11-7-3-2-4-8-11/h5-6,9-11H,2-4,7-8H2,1H3. The van der Waals surface area contributed by atoms with Crippen LogP contribution in [0.15, 0.2) is 24.3 Å². The van der Waals surface area contributed by atoms with E-state index in [1.165, 1.54) is 13.5 Å². The van der Waals surface area contributed by atoms with Crippen molar-refractivity contribution in [2.45, 2.75) is 32.1 Å². The Hall–Kier alpha value is -1.84. The van der Waals surface area contributed by atoms with Crippen molar-refractivity contribution in [2.24, 2.45) is 5.92 Å². The minimum atomic E-state index is -0.493. The van der Waals surface area contributed by atoms with Gasteiger partial charge in [0.05, 0.1) is 13.0 Å². The first-order valence-electron chi connectivity index (χ1n) is 6.61. The van der Waals surface area contributed by atoms with Gasteiger partial charge >= 0.3 is 11.9 Å². The van der Waals surface area contributed by atoms with Gasteiger partial charge < -0.3 is 9.47 Å². The number of methoxy groups -OCH3 is 1. The van der Waals surface area contributed by atoms with Gasteiger partial charge in [0.25, 0.3) is 0 Å². The van der Waals surface area contributed by atoms with Gasteiger partial charge in [-0.2, -0.15) is 0 Å². The Morgan fingerprint density at radius 3 is 2.47 bits per heavy atom. The van der Waals surface area contributed by atoms with E-state index in [4.69, 9.17) is 4.74 Å². The average Bonchev–Trinajstić information content (AvgIpc) is 2.48. The number of ether oxygens (including phenoxy) is 2. The molecule has 0 spiro atoms. The molecule has 0 unspecified atom stereocenters. The first-order chi connectivity index (χ1) is 9.22. The fourth-order valence-corrected chi connectivity index (χ4v) is 2.36. The molecule has 0 radical (unpaired) electrons. The smallest absolute Gasteiger partial charge is 0.341 e. The van der Waals surface area contributed by atoms with Crippen molar-refractivity contribution in [3.63, 3.8) is 0 Å². The van der Waals surface area contributed by atoms with Crippen LogP contribution >= 0.6 is 0 Å². The highest BCUT2D eigenvalue weighted by atomic mass is 16.5. The van der Waals surface area contributed by atoms with Crippen molar-refractivity contribution in [1.29, 1.82) is 0 Å². The van der Waals surface area contributed by atoms with Crippen molar-refractivity contribution < 1.29 is 19.1 Å². The van der Waals surface area contributed by atoms with Crippen LogP contribution < -0.4 is 4.74 Å². The number of benzene rings is 1. The maximum absolute atomic E-state index is 12.1. The molecule has 19 heavy (non-hydrogen) atoms. The second-order valence-electron chi connectivity index (χ2n) is 4.74. The van der Waals surface area contributed by atoms with E-state index in [1.807, 2.05) is 0 Å². The third-order valence-corrected chi connectivity index (χ3v) is 3.44. The number of esters is 2. The van der Waals surface area contributed by atoms with Crippen LogP contribution in [-0.4, -0.2) is 19.0 Å². The molecule has 2 rings (SSSR count). The van der Waals surface area contributed by atoms with Crippen molar-refractivity contribution >= 4 is 11.9 Å². The van der Waals surface area contributed by atoms with Crippen molar-refractivity contribution in [3.8, 4) is 5.75 Å². The second-order valence-corrected chi connectivity index (χ2v) is 4.74. The molecule has 0 atom stereocenters. The molecule has 102 valence electrons. The molecule has 0 N–H and O–H groups in total. The van der Waals surface area contributed by atoms with Crippen molar-refractivity contribution in [2.75, 3.05) is 7.11 Å². The molecule has 0 heterocycles. The summed E-state index contributed by atoms with van der Waals surface area (Å²) in [5.41, 5.74) is 0.286. The van der Waals surface area contributed by atoms with Gasteiger partial charge in [0.1, 0.15) is 11.3 Å². The lowest BCUT2D eigenvalue weighted by molar-refractivity contribution is -0.140. The lowest BCUT2D eigenvalue weighted by Crippen LogP contribution is -2.23. The fourth-order valence-electron chi connectivity index (χ4n) is 2.36. The summed E-state index contributed by atoms with van der Waals surface area (Å²) in [5.74, 6) is -0.493. The Morgan fingerprint density at radius 2 is 1.79 bits per heavy atom. The third kappa shape index (κ3) is 3.34. The molecule has 0 amide bonds. The zero-order valence-electron chi connectivity index (χ0n) is 11.1. The summed E-state index contributed by atoms with van der Waals surface area (Å²) in [6, 6.07) is 6.66. The van der Waals surface area contributed by atoms with E-state index >= 15 is 0 Å². The largest absolute Gasteiger partial charge is 0.465 e. The van der Waals surface area contributed by atoms with Crippen LogP contribution in [-0.2, 0) is 9.53 Å². The molecule has 0 aromatic heterocycles. The summed E-state index contributed by atoms with van der Waals surface area (Å²) in [6.07, 6.45) is 5.07. The van der Waals surface area contributed by atoms with Gasteiger partial charge in [0.15, 0.2) is 0 Å². The highest BCUT2D eigenvalue weighted by molar-refractivity contribution is 5.93. The fraction of sp³-hybridized carbons (Fsp3) is 0.467. The average molecular weight is 262 g/mol. The molecule has 1 aromatic rings. The van der Waals surface area contributed by atoms with Crippen LogP contribution in [0.5, 0.6) is 5.75 Å². The highest BCUT2D eigenvalue weighted by Gasteiger charge is 2.24. The number of carbonyl (C=O) groups is 2. The summed E-state index contributed by atoms with van der Waals surface area (Å²) >= 11 is 0. The summed E-state index contributed by atoms with van der Waals surface area (Å²) < 4.78 is 10.0. The Morgan fingerprint density at radius 1 is 1.11 bits per heavy atom. The topological polar surface area (TPSA) is 52.6 Å². The number of hydrogen-bond donors (Lipinski definition) is 0. The first kappa shape index (κ1) is 13.6. The van der Waals surface area contributed by atoms with Gasteiger partial charge in [-0.15, -0.1) is 0 Å². The van der Waals surface area contributed by atoms with E-state index in [0.29, 0.717) is 0 Å². The molecular weight excluding hydrogens is 244 g/mol. The quantitative estimate of drug-likeness (QED) is 0.620. The van der Waals surface area contributed by atoms with E-state index in [-0.39, 0.29) is 23.2 Å². The summed E-state index contributed by atoms with van der Waals surface area (Å²) in [7, 11) is 1.31. The highest BCUT2D eigenvalue weighted by Crippen LogP contribution is 2.27. The van der Waals surface area contributed by atoms with Crippen LogP contribution in [0.3, 0.4) is 0 Å². The molecule has 1 saturated carbocycles. The van der Waals surface area contributed by atoms with Crippen LogP contribution in [0.1, 0.15) is 42.5 Å². The van der Waals surface area contributed by atoms with Crippen molar-refractivity contribution in [3.05, 3.63) is 29.8 Å². The predicted molar refractivity (Wildman–Crippen MR) is 70.0 cm³/mol. The Balaban J connectivity index is 2.09. The van der Waals surface area contributed by atoms with E-state index in [2.05, 4.69) is 4.74 Å². The first-order valence-corrected chi connectivity index (χ1v) is 6.61. The molecule has 0 aliphatic heterocycles. The molecule has 4 heteroatoms. The van der Waals surface area contributed by atoms with E-state index in [1.54, 1.807) is 24.3 Å². The predicted octanol–water partition coefficient (Wildman–Crippen LogP) is 2.96. The van der Waals surface area contributed by atoms with Crippen LogP contribution in [0, 0.1) is 5.92 Å². The minimum absolute atomic E-state index is 0.0422. The van der Waals surface area contributed by atoms with Gasteiger partial charge in [0, 0.05) is 0 Å². The van der Waals surface area contributed by atoms with Crippen molar-refractivity contribution in [1.82, 2.24) is 0 Å². The lowest BCUT2D eigenvalue weighted by atomic mass is 9.89. The molecule has 0 bridgehead atoms. The molecular formula is C15H18O4.